The molecule has 1 aromatic carbocycles. The first-order chi connectivity index (χ1) is 11.7. The van der Waals surface area contributed by atoms with Gasteiger partial charge in [0.2, 0.25) is 0 Å². The topological polar surface area (TPSA) is 44.3 Å². The number of hydrogen-bond donors (Lipinski definition) is 1. The van der Waals surface area contributed by atoms with Crippen LogP contribution in [0.1, 0.15) is 12.5 Å². The summed E-state index contributed by atoms with van der Waals surface area (Å²) in [7, 11) is 0. The average molecular weight is 350 g/mol. The van der Waals surface area contributed by atoms with Crippen molar-refractivity contribution in [3.05, 3.63) is 47.1 Å². The van der Waals surface area contributed by atoms with Crippen molar-refractivity contribution in [2.75, 3.05) is 42.9 Å². The molecule has 128 valence electrons. The van der Waals surface area contributed by atoms with Crippen molar-refractivity contribution in [3.8, 4) is 0 Å². The summed E-state index contributed by atoms with van der Waals surface area (Å²) in [6.07, 6.45) is 2.95. The highest BCUT2D eigenvalue weighted by molar-refractivity contribution is 6.32. The Kier molecular flexibility index (Phi) is 5.48. The molecule has 0 saturated carbocycles. The number of benzene rings is 1. The summed E-state index contributed by atoms with van der Waals surface area (Å²) < 4.78 is 14.5. The number of likely N-dealkylation sites (N-methyl/N-ethyl adjacent to an activating group) is 1. The molecule has 1 aromatic heterocycles. The predicted molar refractivity (Wildman–Crippen MR) is 95.1 cm³/mol. The van der Waals surface area contributed by atoms with Crippen LogP contribution >= 0.6 is 11.6 Å². The van der Waals surface area contributed by atoms with Crippen molar-refractivity contribution < 1.29 is 4.39 Å². The number of piperazine rings is 1. The van der Waals surface area contributed by atoms with E-state index in [1.54, 1.807) is 6.07 Å². The second-order valence-electron chi connectivity index (χ2n) is 5.78. The molecule has 0 atom stereocenters. The van der Waals surface area contributed by atoms with Gasteiger partial charge in [0, 0.05) is 32.7 Å². The molecule has 1 aliphatic heterocycles. The zero-order valence-corrected chi connectivity index (χ0v) is 14.4. The van der Waals surface area contributed by atoms with E-state index in [1.807, 2.05) is 12.1 Å². The molecular weight excluding hydrogens is 329 g/mol. The lowest BCUT2D eigenvalue weighted by molar-refractivity contribution is 0.270. The SMILES string of the molecule is CCN1CCN(c2ccc(CNc3ncncc3Cl)cc2F)CC1. The second kappa shape index (κ2) is 7.77. The lowest BCUT2D eigenvalue weighted by Crippen LogP contribution is -2.46. The highest BCUT2D eigenvalue weighted by Crippen LogP contribution is 2.23. The maximum atomic E-state index is 14.5. The molecule has 1 N–H and O–H groups in total. The third kappa shape index (κ3) is 3.94. The van der Waals surface area contributed by atoms with Crippen LogP contribution in [0.3, 0.4) is 0 Å². The summed E-state index contributed by atoms with van der Waals surface area (Å²) in [5, 5.41) is 3.55. The maximum absolute atomic E-state index is 14.5. The van der Waals surface area contributed by atoms with Crippen LogP contribution in [0.25, 0.3) is 0 Å². The second-order valence-corrected chi connectivity index (χ2v) is 6.19. The van der Waals surface area contributed by atoms with Gasteiger partial charge in [-0.15, -0.1) is 0 Å². The van der Waals surface area contributed by atoms with Crippen LogP contribution in [-0.4, -0.2) is 47.6 Å². The summed E-state index contributed by atoms with van der Waals surface area (Å²) in [5.74, 6) is 0.361. The first-order valence-electron chi connectivity index (χ1n) is 8.12. The molecule has 0 amide bonds. The van der Waals surface area contributed by atoms with E-state index in [4.69, 9.17) is 11.6 Å². The van der Waals surface area contributed by atoms with E-state index in [2.05, 4.69) is 32.0 Å². The minimum atomic E-state index is -0.187. The van der Waals surface area contributed by atoms with Gasteiger partial charge in [-0.1, -0.05) is 24.6 Å². The van der Waals surface area contributed by atoms with Gasteiger partial charge in [-0.25, -0.2) is 14.4 Å². The number of aromatic nitrogens is 2. The van der Waals surface area contributed by atoms with Crippen molar-refractivity contribution in [2.24, 2.45) is 0 Å². The number of hydrogen-bond acceptors (Lipinski definition) is 5. The number of halogens is 2. The highest BCUT2D eigenvalue weighted by atomic mass is 35.5. The highest BCUT2D eigenvalue weighted by Gasteiger charge is 2.18. The summed E-state index contributed by atoms with van der Waals surface area (Å²) in [6.45, 7) is 7.33. The van der Waals surface area contributed by atoms with Gasteiger partial charge in [-0.2, -0.15) is 0 Å². The zero-order chi connectivity index (χ0) is 16.9. The maximum Gasteiger partial charge on any atom is 0.148 e. The average Bonchev–Trinajstić information content (AvgIpc) is 2.61. The molecule has 24 heavy (non-hydrogen) atoms. The zero-order valence-electron chi connectivity index (χ0n) is 13.7. The summed E-state index contributed by atoms with van der Waals surface area (Å²) >= 11 is 6.00. The van der Waals surface area contributed by atoms with E-state index >= 15 is 0 Å². The molecule has 5 nitrogen and oxygen atoms in total. The quantitative estimate of drug-likeness (QED) is 0.899. The van der Waals surface area contributed by atoms with Crippen LogP contribution < -0.4 is 10.2 Å². The first-order valence-corrected chi connectivity index (χ1v) is 8.50. The Labute approximate surface area is 146 Å². The lowest BCUT2D eigenvalue weighted by atomic mass is 10.1. The summed E-state index contributed by atoms with van der Waals surface area (Å²) in [4.78, 5) is 12.4. The van der Waals surface area contributed by atoms with E-state index < -0.39 is 0 Å². The van der Waals surface area contributed by atoms with Gasteiger partial charge < -0.3 is 15.1 Å². The molecule has 0 spiro atoms. The lowest BCUT2D eigenvalue weighted by Gasteiger charge is -2.35. The Balaban J connectivity index is 1.63. The molecule has 2 aromatic rings. The molecule has 2 heterocycles. The van der Waals surface area contributed by atoms with E-state index in [9.17, 15) is 4.39 Å². The van der Waals surface area contributed by atoms with Crippen molar-refractivity contribution >= 4 is 23.1 Å². The third-order valence-electron chi connectivity index (χ3n) is 4.30. The fraction of sp³-hybridized carbons (Fsp3) is 0.412. The fourth-order valence-electron chi connectivity index (χ4n) is 2.85. The Morgan fingerprint density at radius 1 is 1.25 bits per heavy atom. The van der Waals surface area contributed by atoms with Crippen molar-refractivity contribution in [1.82, 2.24) is 14.9 Å². The molecule has 1 saturated heterocycles. The summed E-state index contributed by atoms with van der Waals surface area (Å²) in [5.41, 5.74) is 1.52. The molecule has 0 bridgehead atoms. The van der Waals surface area contributed by atoms with Crippen LogP contribution in [0, 0.1) is 5.82 Å². The normalized spacial score (nSPS) is 15.5. The van der Waals surface area contributed by atoms with Gasteiger partial charge in [-0.3, -0.25) is 0 Å². The molecule has 7 heteroatoms. The van der Waals surface area contributed by atoms with Gasteiger partial charge in [0.15, 0.2) is 0 Å². The number of nitrogens with one attached hydrogen (secondary N) is 1. The standard InChI is InChI=1S/C17H21ClFN5/c1-2-23-5-7-24(8-6-23)16-4-3-13(9-15(16)19)10-21-17-14(18)11-20-12-22-17/h3-4,9,11-12H,2,5-8,10H2,1H3,(H,20,21,22). The van der Waals surface area contributed by atoms with E-state index in [0.29, 0.717) is 23.1 Å². The fourth-order valence-corrected chi connectivity index (χ4v) is 3.02. The third-order valence-corrected chi connectivity index (χ3v) is 4.58. The van der Waals surface area contributed by atoms with Crippen molar-refractivity contribution in [2.45, 2.75) is 13.5 Å². The number of anilines is 2. The van der Waals surface area contributed by atoms with Gasteiger partial charge in [0.25, 0.3) is 0 Å². The Bertz CT molecular complexity index is 688. The van der Waals surface area contributed by atoms with E-state index in [0.717, 1.165) is 38.3 Å². The predicted octanol–water partition coefficient (Wildman–Crippen LogP) is 3.02. The summed E-state index contributed by atoms with van der Waals surface area (Å²) in [6, 6.07) is 5.37. The van der Waals surface area contributed by atoms with E-state index in [1.165, 1.54) is 12.5 Å². The monoisotopic (exact) mass is 349 g/mol. The molecule has 1 fully saturated rings. The number of nitrogens with zero attached hydrogens (tertiary/aromatic N) is 4. The van der Waals surface area contributed by atoms with Crippen LogP contribution in [0.2, 0.25) is 5.02 Å². The van der Waals surface area contributed by atoms with Gasteiger partial charge in [0.05, 0.1) is 11.9 Å². The Morgan fingerprint density at radius 2 is 2.04 bits per heavy atom. The largest absolute Gasteiger partial charge is 0.367 e. The molecule has 0 aliphatic carbocycles. The van der Waals surface area contributed by atoms with Crippen molar-refractivity contribution in [1.29, 1.82) is 0 Å². The van der Waals surface area contributed by atoms with Gasteiger partial charge in [0.1, 0.15) is 23.0 Å². The van der Waals surface area contributed by atoms with E-state index in [-0.39, 0.29) is 5.82 Å². The van der Waals surface area contributed by atoms with Crippen LogP contribution in [-0.2, 0) is 6.54 Å². The first kappa shape index (κ1) is 16.9. The number of rotatable bonds is 5. The molecule has 3 rings (SSSR count). The van der Waals surface area contributed by atoms with Crippen LogP contribution in [0.4, 0.5) is 15.9 Å². The van der Waals surface area contributed by atoms with Crippen LogP contribution in [0.5, 0.6) is 0 Å². The minimum absolute atomic E-state index is 0.187. The van der Waals surface area contributed by atoms with Gasteiger partial charge in [-0.05, 0) is 24.2 Å². The smallest absolute Gasteiger partial charge is 0.148 e. The molecule has 0 unspecified atom stereocenters. The molecular formula is C17H21ClFN5. The molecule has 0 radical (unpaired) electrons. The van der Waals surface area contributed by atoms with Crippen LogP contribution in [0.15, 0.2) is 30.7 Å². The minimum Gasteiger partial charge on any atom is -0.367 e. The Morgan fingerprint density at radius 3 is 2.71 bits per heavy atom. The van der Waals surface area contributed by atoms with Crippen molar-refractivity contribution in [3.63, 3.8) is 0 Å². The molecule has 1 aliphatic rings. The Hall–Kier alpha value is -1.92. The van der Waals surface area contributed by atoms with Gasteiger partial charge >= 0.3 is 0 Å².